The van der Waals surface area contributed by atoms with Crippen LogP contribution in [-0.2, 0) is 41.6 Å². The zero-order valence-corrected chi connectivity index (χ0v) is 36.8. The van der Waals surface area contributed by atoms with Gasteiger partial charge in [0, 0.05) is 90.7 Å². The second-order valence-corrected chi connectivity index (χ2v) is 18.1. The fourth-order valence-corrected chi connectivity index (χ4v) is 10.1. The summed E-state index contributed by atoms with van der Waals surface area (Å²) >= 11 is 1.43. The average Bonchev–Trinajstić information content (AvgIpc) is 3.56. The Morgan fingerprint density at radius 3 is 2.66 bits per heavy atom. The van der Waals surface area contributed by atoms with Crippen LogP contribution in [0.3, 0.4) is 0 Å². The Kier molecular flexibility index (Phi) is 12.4. The number of methoxy groups -OCH3 is 1. The average molecular weight is 849 g/mol. The van der Waals surface area contributed by atoms with Crippen LogP contribution in [0.5, 0.6) is 0 Å². The van der Waals surface area contributed by atoms with Crippen LogP contribution in [-0.4, -0.2) is 86.8 Å². The summed E-state index contributed by atoms with van der Waals surface area (Å²) in [4.78, 5) is 61.2. The molecule has 61 heavy (non-hydrogen) atoms. The molecule has 14 nitrogen and oxygen atoms in total. The predicted octanol–water partition coefficient (Wildman–Crippen LogP) is 6.82. The lowest BCUT2D eigenvalue weighted by molar-refractivity contribution is -0.157. The number of ether oxygens (including phenoxy) is 3. The van der Waals surface area contributed by atoms with E-state index in [-0.39, 0.29) is 48.8 Å². The number of carbonyl (C=O) groups excluding carboxylic acids is 3. The molecule has 1 aromatic carbocycles. The molecular weight excluding hydrogens is 793 g/mol. The van der Waals surface area contributed by atoms with Gasteiger partial charge in [0.1, 0.15) is 23.0 Å². The molecule has 1 aliphatic carbocycles. The highest BCUT2D eigenvalue weighted by Crippen LogP contribution is 2.52. The van der Waals surface area contributed by atoms with Gasteiger partial charge in [-0.1, -0.05) is 26.8 Å². The molecule has 6 bridgehead atoms. The number of amides is 2. The van der Waals surface area contributed by atoms with Crippen molar-refractivity contribution < 1.29 is 28.6 Å². The second kappa shape index (κ2) is 17.7. The normalized spacial score (nSPS) is 24.5. The molecule has 0 unspecified atom stereocenters. The van der Waals surface area contributed by atoms with Gasteiger partial charge in [-0.05, 0) is 81.8 Å². The molecule has 0 radical (unpaired) electrons. The van der Waals surface area contributed by atoms with Gasteiger partial charge in [0.05, 0.1) is 41.6 Å². The fourth-order valence-electron chi connectivity index (χ4n) is 9.15. The van der Waals surface area contributed by atoms with Crippen molar-refractivity contribution in [3.05, 3.63) is 82.5 Å². The summed E-state index contributed by atoms with van der Waals surface area (Å²) in [6.07, 6.45) is 5.84. The van der Waals surface area contributed by atoms with E-state index < -0.39 is 29.4 Å². The molecule has 1 saturated carbocycles. The highest BCUT2D eigenvalue weighted by Gasteiger charge is 2.54. The number of esters is 1. The summed E-state index contributed by atoms with van der Waals surface area (Å²) in [5.74, 6) is -1.46. The van der Waals surface area contributed by atoms with E-state index in [1.54, 1.807) is 31.8 Å². The summed E-state index contributed by atoms with van der Waals surface area (Å²) in [5.41, 5.74) is 9.49. The third-order valence-corrected chi connectivity index (χ3v) is 13.4. The monoisotopic (exact) mass is 848 g/mol. The quantitative estimate of drug-likeness (QED) is 0.142. The van der Waals surface area contributed by atoms with Crippen molar-refractivity contribution in [1.82, 2.24) is 40.3 Å². The Morgan fingerprint density at radius 2 is 1.90 bits per heavy atom. The number of aromatic nitrogens is 5. The molecular formula is C46H56N8O6S. The van der Waals surface area contributed by atoms with E-state index in [0.29, 0.717) is 49.8 Å². The zero-order chi connectivity index (χ0) is 43.0. The smallest absolute Gasteiger partial charge is 0.324 e. The third-order valence-electron chi connectivity index (χ3n) is 12.5. The third kappa shape index (κ3) is 8.45. The van der Waals surface area contributed by atoms with Crippen molar-refractivity contribution in [3.8, 4) is 22.5 Å². The molecule has 8 rings (SSSR count). The second-order valence-electron chi connectivity index (χ2n) is 17.2. The van der Waals surface area contributed by atoms with E-state index in [1.807, 2.05) is 32.2 Å². The van der Waals surface area contributed by atoms with Gasteiger partial charge < -0.3 is 24.1 Å². The molecule has 3 aliphatic rings. The lowest BCUT2D eigenvalue weighted by atomic mass is 9.84. The minimum absolute atomic E-state index is 0.00493. The number of rotatable bonds is 10. The maximum atomic E-state index is 14.7. The molecule has 2 amide bonds. The number of thiazole rings is 1. The first-order valence-corrected chi connectivity index (χ1v) is 22.3. The van der Waals surface area contributed by atoms with E-state index >= 15 is 0 Å². The van der Waals surface area contributed by atoms with E-state index in [1.165, 1.54) is 16.3 Å². The van der Waals surface area contributed by atoms with E-state index in [0.717, 1.165) is 44.7 Å². The largest absolute Gasteiger partial charge is 0.464 e. The van der Waals surface area contributed by atoms with Crippen LogP contribution in [0, 0.1) is 23.2 Å². The summed E-state index contributed by atoms with van der Waals surface area (Å²) in [5, 5.41) is 8.31. The minimum Gasteiger partial charge on any atom is -0.464 e. The lowest BCUT2D eigenvalue weighted by Gasteiger charge is -2.37. The SMILES string of the molecule is CCO[C@@H]1c2nc(cs2)-c2ccc3c(c2)c(c(-c2cccnc2[C@H](C)OC)n3CC)CC(C)(C)COC(=O)[C@@H]2CCCN(N2)C(=O)[C@H]1CNC(=O)[C@@H]1[C@@H](C)[C@H]1c1ncccn1. The summed E-state index contributed by atoms with van der Waals surface area (Å²) in [6, 6.07) is 11.5. The van der Waals surface area contributed by atoms with Gasteiger partial charge in [-0.2, -0.15) is 0 Å². The minimum atomic E-state index is -0.859. The van der Waals surface area contributed by atoms with Crippen LogP contribution in [0.15, 0.2) is 60.4 Å². The van der Waals surface area contributed by atoms with Crippen LogP contribution < -0.4 is 10.7 Å². The number of fused-ring (bicyclic) bond motifs is 6. The number of benzene rings is 1. The Hall–Kier alpha value is -5.09. The number of hydrogen-bond acceptors (Lipinski definition) is 12. The number of aryl methyl sites for hydroxylation is 1. The molecule has 2 aliphatic heterocycles. The molecule has 15 heteroatoms. The van der Waals surface area contributed by atoms with Gasteiger partial charge in [-0.15, -0.1) is 11.3 Å². The van der Waals surface area contributed by atoms with Crippen LogP contribution in [0.4, 0.5) is 0 Å². The fraction of sp³-hybridized carbons (Fsp3) is 0.500. The molecule has 1 saturated heterocycles. The molecule has 4 aromatic heterocycles. The Morgan fingerprint density at radius 1 is 1.11 bits per heavy atom. The number of carbonyl (C=O) groups is 3. The van der Waals surface area contributed by atoms with Crippen molar-refractivity contribution >= 4 is 40.0 Å². The molecule has 7 atom stereocenters. The van der Waals surface area contributed by atoms with Crippen LogP contribution >= 0.6 is 11.3 Å². The summed E-state index contributed by atoms with van der Waals surface area (Å²) in [7, 11) is 1.70. The van der Waals surface area contributed by atoms with Crippen molar-refractivity contribution in [2.75, 3.05) is 33.4 Å². The number of nitrogens with one attached hydrogen (secondary N) is 2. The van der Waals surface area contributed by atoms with Gasteiger partial charge in [0.2, 0.25) is 11.8 Å². The van der Waals surface area contributed by atoms with Gasteiger partial charge in [0.15, 0.2) is 0 Å². The van der Waals surface area contributed by atoms with E-state index in [4.69, 9.17) is 24.2 Å². The first kappa shape index (κ1) is 42.6. The highest BCUT2D eigenvalue weighted by molar-refractivity contribution is 7.10. The molecule has 5 aromatic rings. The van der Waals surface area contributed by atoms with Crippen molar-refractivity contribution in [2.24, 2.45) is 23.2 Å². The van der Waals surface area contributed by atoms with E-state index in [2.05, 4.69) is 70.3 Å². The summed E-state index contributed by atoms with van der Waals surface area (Å²) < 4.78 is 20.7. The molecule has 2 fully saturated rings. The van der Waals surface area contributed by atoms with Gasteiger partial charge >= 0.3 is 5.97 Å². The van der Waals surface area contributed by atoms with Crippen molar-refractivity contribution in [3.63, 3.8) is 0 Å². The number of pyridine rings is 1. The molecule has 2 N–H and O–H groups in total. The van der Waals surface area contributed by atoms with Gasteiger partial charge in [-0.25, -0.2) is 20.4 Å². The first-order chi connectivity index (χ1) is 29.4. The van der Waals surface area contributed by atoms with Crippen LogP contribution in [0.1, 0.15) is 94.6 Å². The highest BCUT2D eigenvalue weighted by atomic mass is 32.1. The Bertz CT molecular complexity index is 2400. The zero-order valence-electron chi connectivity index (χ0n) is 36.0. The van der Waals surface area contributed by atoms with Crippen LogP contribution in [0.25, 0.3) is 33.4 Å². The topological polar surface area (TPSA) is 163 Å². The predicted molar refractivity (Wildman–Crippen MR) is 232 cm³/mol. The number of cyclic esters (lactones) is 1. The van der Waals surface area contributed by atoms with Crippen molar-refractivity contribution in [1.29, 1.82) is 0 Å². The Balaban J connectivity index is 1.21. The number of hydrazine groups is 1. The van der Waals surface area contributed by atoms with Crippen molar-refractivity contribution in [2.45, 2.75) is 91.5 Å². The van der Waals surface area contributed by atoms with Crippen LogP contribution in [0.2, 0.25) is 0 Å². The first-order valence-electron chi connectivity index (χ1n) is 21.4. The maximum Gasteiger partial charge on any atom is 0.324 e. The summed E-state index contributed by atoms with van der Waals surface area (Å²) in [6.45, 7) is 13.9. The standard InChI is InChI=1S/C46H56N8O6S/c1-8-53-35-16-15-28-21-30(35)31(39(53)29-13-10-17-47-38(29)27(4)58-7)22-46(5,6)25-60-45(57)33-14-11-20-54(52-33)44(56)32(40(59-9-2)43-51-34(28)24-61-43)23-50-42(55)37-26(3)36(37)41-48-18-12-19-49-41/h10,12-13,15-19,21,24,26-27,32-33,36-37,40,52H,8-9,11,14,20,22-23,25H2,1-7H3,(H,50,55)/t26-,27-,32-,33-,36+,37+,40-/m0/s1. The lowest BCUT2D eigenvalue weighted by Crippen LogP contribution is -2.58. The molecule has 0 spiro atoms. The molecule has 322 valence electrons. The number of hydrogen-bond donors (Lipinski definition) is 2. The molecule has 6 heterocycles. The van der Waals surface area contributed by atoms with Gasteiger partial charge in [-0.3, -0.25) is 24.4 Å². The number of nitrogens with zero attached hydrogens (tertiary/aromatic N) is 6. The Labute approximate surface area is 360 Å². The maximum absolute atomic E-state index is 14.7. The van der Waals surface area contributed by atoms with E-state index in [9.17, 15) is 14.4 Å². The van der Waals surface area contributed by atoms with Gasteiger partial charge in [0.25, 0.3) is 0 Å².